The molecule has 0 aliphatic rings. The molecule has 0 saturated carbocycles. The average molecular weight is 388 g/mol. The second-order valence-electron chi connectivity index (χ2n) is 6.26. The van der Waals surface area contributed by atoms with Crippen LogP contribution < -0.4 is 15.4 Å². The number of hydrogen-bond acceptors (Lipinski definition) is 5. The van der Waals surface area contributed by atoms with Gasteiger partial charge in [-0.15, -0.1) is 0 Å². The molecule has 0 atom stereocenters. The maximum atomic E-state index is 13.4. The van der Waals surface area contributed by atoms with E-state index in [1.807, 2.05) is 19.9 Å². The number of aromatic nitrogens is 2. The third-order valence-electron chi connectivity index (χ3n) is 3.61. The lowest BCUT2D eigenvalue weighted by molar-refractivity contribution is -0.137. The molecule has 0 aliphatic heterocycles. The number of halogens is 3. The second-order valence-corrected chi connectivity index (χ2v) is 6.26. The molecule has 2 N–H and O–H groups in total. The van der Waals surface area contributed by atoms with E-state index in [4.69, 9.17) is 4.74 Å². The first-order chi connectivity index (χ1) is 13.3. The molecule has 0 bridgehead atoms. The molecule has 2 aromatic carbocycles. The number of anilines is 4. The molecule has 3 aromatic rings. The monoisotopic (exact) mass is 388 g/mol. The summed E-state index contributed by atoms with van der Waals surface area (Å²) >= 11 is 0. The molecule has 3 rings (SSSR count). The third kappa shape index (κ3) is 5.12. The summed E-state index contributed by atoms with van der Waals surface area (Å²) in [5, 5.41) is 5.61. The van der Waals surface area contributed by atoms with Gasteiger partial charge in [-0.3, -0.25) is 0 Å². The topological polar surface area (TPSA) is 59.1 Å². The Morgan fingerprint density at radius 1 is 0.893 bits per heavy atom. The van der Waals surface area contributed by atoms with Crippen molar-refractivity contribution in [3.8, 4) is 5.75 Å². The molecule has 0 radical (unpaired) electrons. The van der Waals surface area contributed by atoms with Crippen LogP contribution in [0.3, 0.4) is 0 Å². The van der Waals surface area contributed by atoms with Crippen molar-refractivity contribution in [3.63, 3.8) is 0 Å². The Kier molecular flexibility index (Phi) is 5.67. The van der Waals surface area contributed by atoms with Gasteiger partial charge in [0.2, 0.25) is 5.95 Å². The summed E-state index contributed by atoms with van der Waals surface area (Å²) in [5.41, 5.74) is 0.169. The Morgan fingerprint density at radius 3 is 2.14 bits per heavy atom. The maximum Gasteiger partial charge on any atom is 0.421 e. The fraction of sp³-hybridized carbons (Fsp3) is 0.200. The van der Waals surface area contributed by atoms with E-state index < -0.39 is 11.7 Å². The fourth-order valence-corrected chi connectivity index (χ4v) is 2.42. The molecule has 0 spiro atoms. The second kappa shape index (κ2) is 8.16. The lowest BCUT2D eigenvalue weighted by atomic mass is 10.2. The highest BCUT2D eigenvalue weighted by molar-refractivity contribution is 5.63. The number of rotatable bonds is 6. The zero-order chi connectivity index (χ0) is 20.1. The normalized spacial score (nSPS) is 11.4. The summed E-state index contributed by atoms with van der Waals surface area (Å²) in [6.07, 6.45) is -3.82. The van der Waals surface area contributed by atoms with Crippen LogP contribution in [0.5, 0.6) is 5.75 Å². The molecule has 0 saturated heterocycles. The number of ether oxygens (including phenoxy) is 1. The molecule has 0 amide bonds. The van der Waals surface area contributed by atoms with E-state index in [9.17, 15) is 13.2 Å². The number of alkyl halides is 3. The predicted octanol–water partition coefficient (Wildman–Crippen LogP) is 5.77. The van der Waals surface area contributed by atoms with Crippen molar-refractivity contribution in [2.75, 3.05) is 10.6 Å². The minimum atomic E-state index is -4.59. The predicted molar refractivity (Wildman–Crippen MR) is 102 cm³/mol. The van der Waals surface area contributed by atoms with Gasteiger partial charge in [-0.2, -0.15) is 18.2 Å². The first-order valence-electron chi connectivity index (χ1n) is 8.61. The first-order valence-corrected chi connectivity index (χ1v) is 8.61. The molecule has 8 heteroatoms. The van der Waals surface area contributed by atoms with E-state index in [-0.39, 0.29) is 17.9 Å². The fourth-order valence-electron chi connectivity index (χ4n) is 2.42. The van der Waals surface area contributed by atoms with Gasteiger partial charge in [-0.05, 0) is 50.2 Å². The van der Waals surface area contributed by atoms with E-state index in [1.165, 1.54) is 0 Å². The van der Waals surface area contributed by atoms with Gasteiger partial charge in [0.1, 0.15) is 17.1 Å². The van der Waals surface area contributed by atoms with Crippen LogP contribution in [-0.2, 0) is 6.18 Å². The van der Waals surface area contributed by atoms with Gasteiger partial charge < -0.3 is 15.4 Å². The van der Waals surface area contributed by atoms with Gasteiger partial charge in [0.05, 0.1) is 6.10 Å². The van der Waals surface area contributed by atoms with E-state index in [1.54, 1.807) is 48.5 Å². The smallest absolute Gasteiger partial charge is 0.421 e. The Balaban J connectivity index is 1.87. The summed E-state index contributed by atoms with van der Waals surface area (Å²) < 4.78 is 45.6. The summed E-state index contributed by atoms with van der Waals surface area (Å²) in [7, 11) is 0. The van der Waals surface area contributed by atoms with Gasteiger partial charge in [0, 0.05) is 17.6 Å². The molecule has 28 heavy (non-hydrogen) atoms. The summed E-state index contributed by atoms with van der Waals surface area (Å²) in [6.45, 7) is 3.79. The van der Waals surface area contributed by atoms with Crippen molar-refractivity contribution in [1.82, 2.24) is 9.97 Å². The minimum absolute atomic E-state index is 0.00382. The first kappa shape index (κ1) is 19.5. The van der Waals surface area contributed by atoms with Crippen molar-refractivity contribution in [3.05, 3.63) is 66.4 Å². The summed E-state index contributed by atoms with van der Waals surface area (Å²) in [4.78, 5) is 7.80. The minimum Gasteiger partial charge on any atom is -0.491 e. The van der Waals surface area contributed by atoms with Crippen molar-refractivity contribution in [1.29, 1.82) is 0 Å². The largest absolute Gasteiger partial charge is 0.491 e. The van der Waals surface area contributed by atoms with Crippen molar-refractivity contribution >= 4 is 23.1 Å². The van der Waals surface area contributed by atoms with Gasteiger partial charge in [0.25, 0.3) is 0 Å². The Labute approximate surface area is 160 Å². The van der Waals surface area contributed by atoms with E-state index >= 15 is 0 Å². The quantitative estimate of drug-likeness (QED) is 0.561. The Bertz CT molecular complexity index is 913. The van der Waals surface area contributed by atoms with E-state index in [0.29, 0.717) is 17.1 Å². The third-order valence-corrected chi connectivity index (χ3v) is 3.61. The van der Waals surface area contributed by atoms with Crippen LogP contribution in [0.25, 0.3) is 0 Å². The highest BCUT2D eigenvalue weighted by Crippen LogP contribution is 2.35. The van der Waals surface area contributed by atoms with Crippen LogP contribution in [0.15, 0.2) is 60.8 Å². The van der Waals surface area contributed by atoms with Crippen LogP contribution in [-0.4, -0.2) is 16.1 Å². The zero-order valence-electron chi connectivity index (χ0n) is 15.3. The summed E-state index contributed by atoms with van der Waals surface area (Å²) in [5.74, 6) is 0.352. The Morgan fingerprint density at radius 2 is 1.54 bits per heavy atom. The molecule has 0 unspecified atom stereocenters. The number of para-hydroxylation sites is 1. The highest BCUT2D eigenvalue weighted by atomic mass is 19.4. The SMILES string of the molecule is CC(C)Oc1ccc(Nc2nc(Nc3ccccc3)ncc2C(F)(F)F)cc1. The van der Waals surface area contributed by atoms with Crippen LogP contribution in [0, 0.1) is 0 Å². The maximum absolute atomic E-state index is 13.4. The number of nitrogens with zero attached hydrogens (tertiary/aromatic N) is 2. The molecular weight excluding hydrogens is 369 g/mol. The standard InChI is InChI=1S/C20H19F3N4O/c1-13(2)28-16-10-8-15(9-11-16)25-18-17(20(21,22)23)12-24-19(27-18)26-14-6-4-3-5-7-14/h3-13H,1-2H3,(H2,24,25,26,27). The van der Waals surface area contributed by atoms with Crippen LogP contribution in [0.2, 0.25) is 0 Å². The molecule has 146 valence electrons. The zero-order valence-corrected chi connectivity index (χ0v) is 15.3. The van der Waals surface area contributed by atoms with Gasteiger partial charge in [0.15, 0.2) is 0 Å². The Hall–Kier alpha value is -3.29. The van der Waals surface area contributed by atoms with Crippen molar-refractivity contribution < 1.29 is 17.9 Å². The van der Waals surface area contributed by atoms with Crippen molar-refractivity contribution in [2.24, 2.45) is 0 Å². The number of hydrogen-bond donors (Lipinski definition) is 2. The molecule has 1 aromatic heterocycles. The highest BCUT2D eigenvalue weighted by Gasteiger charge is 2.35. The van der Waals surface area contributed by atoms with Gasteiger partial charge in [-0.1, -0.05) is 18.2 Å². The van der Waals surface area contributed by atoms with Crippen molar-refractivity contribution in [2.45, 2.75) is 26.1 Å². The number of benzene rings is 2. The lowest BCUT2D eigenvalue weighted by Gasteiger charge is -2.15. The van der Waals surface area contributed by atoms with Crippen LogP contribution in [0.4, 0.5) is 36.3 Å². The van der Waals surface area contributed by atoms with E-state index in [0.717, 1.165) is 6.20 Å². The molecule has 0 fully saturated rings. The molecule has 0 aliphatic carbocycles. The summed E-state index contributed by atoms with van der Waals surface area (Å²) in [6, 6.07) is 15.6. The van der Waals surface area contributed by atoms with Crippen LogP contribution in [0.1, 0.15) is 19.4 Å². The molecule has 1 heterocycles. The molecule has 5 nitrogen and oxygen atoms in total. The van der Waals surface area contributed by atoms with Gasteiger partial charge >= 0.3 is 6.18 Å². The molecular formula is C20H19F3N4O. The lowest BCUT2D eigenvalue weighted by Crippen LogP contribution is -2.12. The van der Waals surface area contributed by atoms with E-state index in [2.05, 4.69) is 20.6 Å². The van der Waals surface area contributed by atoms with Crippen LogP contribution >= 0.6 is 0 Å². The van der Waals surface area contributed by atoms with Gasteiger partial charge in [-0.25, -0.2) is 4.98 Å². The average Bonchev–Trinajstić information content (AvgIpc) is 2.63. The number of nitrogens with one attached hydrogen (secondary N) is 2.